The Morgan fingerprint density at radius 3 is 2.34 bits per heavy atom. The highest BCUT2D eigenvalue weighted by molar-refractivity contribution is 7.81. The van der Waals surface area contributed by atoms with Crippen molar-refractivity contribution in [3.8, 4) is 22.4 Å². The summed E-state index contributed by atoms with van der Waals surface area (Å²) in [4.78, 5) is 79.5. The van der Waals surface area contributed by atoms with Crippen molar-refractivity contribution >= 4 is 69.6 Å². The number of pyridine rings is 1. The fourth-order valence-electron chi connectivity index (χ4n) is 8.57. The van der Waals surface area contributed by atoms with Crippen LogP contribution in [0.15, 0.2) is 54.2 Å². The van der Waals surface area contributed by atoms with Gasteiger partial charge in [0.05, 0.1) is 51.9 Å². The van der Waals surface area contributed by atoms with E-state index in [0.717, 1.165) is 33.8 Å². The molecule has 2 aliphatic rings. The number of primary amides is 1. The number of nitrogens with zero attached hydrogens (tertiary/aromatic N) is 6. The Labute approximate surface area is 435 Å². The van der Waals surface area contributed by atoms with Gasteiger partial charge in [-0.1, -0.05) is 45.0 Å². The minimum absolute atomic E-state index is 0.0568. The Morgan fingerprint density at radius 1 is 1.00 bits per heavy atom. The molecule has 6 rings (SSSR count). The number of halogens is 4. The minimum atomic E-state index is -5.25. The topological polar surface area (TPSA) is 222 Å². The van der Waals surface area contributed by atoms with Crippen molar-refractivity contribution in [2.24, 2.45) is 11.1 Å². The highest BCUT2D eigenvalue weighted by Crippen LogP contribution is 2.42. The summed E-state index contributed by atoms with van der Waals surface area (Å²) in [5.41, 5.74) is 4.43. The van der Waals surface area contributed by atoms with Crippen LogP contribution in [0, 0.1) is 29.5 Å². The van der Waals surface area contributed by atoms with E-state index >= 15 is 4.39 Å². The second-order valence-corrected chi connectivity index (χ2v) is 20.5. The van der Waals surface area contributed by atoms with Gasteiger partial charge in [0.15, 0.2) is 10.9 Å². The Balaban J connectivity index is 0.885. The zero-order valence-electron chi connectivity index (χ0n) is 41.9. The van der Waals surface area contributed by atoms with Crippen molar-refractivity contribution in [1.29, 1.82) is 5.26 Å². The maximum atomic E-state index is 15.5. The van der Waals surface area contributed by atoms with Crippen LogP contribution in [0.2, 0.25) is 0 Å². The standard InChI is InChI=1S/C51H59F4N9O8S2/c1-30-41(74-29-60-30)32-15-13-31(14-16-32)26-58-44(67)37-12-10-19-62(37)46(68)42(49(2,3)4)61-38(65)28-71-22-11-21-70-20-8-7-9-23-72-45-35(43(57)66)24-34(27-59-45)64-48(73)63(47(69)50(64,5)6)36-18-17-33(25-56)39(40(36)52)51(53,54)55/h13-18,24,27,29,37,42H,7-12,19-23,26,28H2,1-6H3,(H2,57,66)(H,58,67)(H,61,65)/t37-,42+/m0/s1. The largest absolute Gasteiger partial charge is 0.477 e. The number of likely N-dealkylation sites (tertiary alicyclic amines) is 1. The second kappa shape index (κ2) is 24.2. The molecule has 2 aliphatic heterocycles. The van der Waals surface area contributed by atoms with Crippen molar-refractivity contribution < 1.29 is 55.7 Å². The maximum absolute atomic E-state index is 15.5. The molecule has 2 aromatic carbocycles. The first-order valence-electron chi connectivity index (χ1n) is 23.9. The summed E-state index contributed by atoms with van der Waals surface area (Å²) in [7, 11) is 0. The summed E-state index contributed by atoms with van der Waals surface area (Å²) in [6.45, 7) is 11.9. The monoisotopic (exact) mass is 1070 g/mol. The fourth-order valence-corrected chi connectivity index (χ4v) is 9.89. The van der Waals surface area contributed by atoms with Gasteiger partial charge in [-0.15, -0.1) is 11.3 Å². The number of aromatic nitrogens is 2. The molecule has 74 heavy (non-hydrogen) atoms. The first kappa shape index (κ1) is 56.7. The van der Waals surface area contributed by atoms with Crippen LogP contribution < -0.4 is 30.9 Å². The Morgan fingerprint density at radius 2 is 1.69 bits per heavy atom. The number of thiocarbonyl (C=S) groups is 1. The molecule has 2 atom stereocenters. The summed E-state index contributed by atoms with van der Waals surface area (Å²) >= 11 is 7.06. The van der Waals surface area contributed by atoms with Crippen LogP contribution in [-0.4, -0.2) is 107 Å². The molecule has 17 nitrogen and oxygen atoms in total. The Hall–Kier alpha value is -6.61. The van der Waals surface area contributed by atoms with E-state index in [2.05, 4.69) is 20.6 Å². The highest BCUT2D eigenvalue weighted by atomic mass is 32.1. The third-order valence-electron chi connectivity index (χ3n) is 12.5. The van der Waals surface area contributed by atoms with E-state index in [1.54, 1.807) is 16.2 Å². The molecule has 4 heterocycles. The number of thiazole rings is 1. The van der Waals surface area contributed by atoms with Gasteiger partial charge in [-0.3, -0.25) is 28.9 Å². The molecule has 396 valence electrons. The van der Waals surface area contributed by atoms with Crippen LogP contribution in [0.25, 0.3) is 10.4 Å². The van der Waals surface area contributed by atoms with Gasteiger partial charge in [0.1, 0.15) is 35.4 Å². The first-order valence-corrected chi connectivity index (χ1v) is 25.2. The molecule has 0 radical (unpaired) electrons. The summed E-state index contributed by atoms with van der Waals surface area (Å²) < 4.78 is 73.9. The molecular formula is C51H59F4N9O8S2. The molecule has 5 amide bonds. The smallest absolute Gasteiger partial charge is 0.420 e. The third-order valence-corrected chi connectivity index (χ3v) is 13.8. The number of nitriles is 1. The summed E-state index contributed by atoms with van der Waals surface area (Å²) in [5.74, 6) is -4.79. The van der Waals surface area contributed by atoms with Crippen molar-refractivity contribution in [1.82, 2.24) is 25.5 Å². The Kier molecular flexibility index (Phi) is 18.5. The van der Waals surface area contributed by atoms with E-state index in [0.29, 0.717) is 69.7 Å². The van der Waals surface area contributed by atoms with E-state index in [1.807, 2.05) is 57.5 Å². The normalized spacial score (nSPS) is 16.1. The van der Waals surface area contributed by atoms with Crippen molar-refractivity contribution in [3.05, 3.63) is 87.9 Å². The second-order valence-electron chi connectivity index (χ2n) is 19.3. The average Bonchev–Trinajstić information content (AvgIpc) is 4.06. The highest BCUT2D eigenvalue weighted by Gasteiger charge is 2.52. The zero-order chi connectivity index (χ0) is 54.1. The van der Waals surface area contributed by atoms with Gasteiger partial charge >= 0.3 is 6.18 Å². The number of nitrogens with one attached hydrogen (secondary N) is 2. The van der Waals surface area contributed by atoms with Crippen molar-refractivity contribution in [3.63, 3.8) is 0 Å². The first-order chi connectivity index (χ1) is 35.0. The average molecular weight is 1070 g/mol. The van der Waals surface area contributed by atoms with Crippen molar-refractivity contribution in [2.45, 2.75) is 110 Å². The van der Waals surface area contributed by atoms with Crippen LogP contribution in [0.1, 0.15) is 106 Å². The number of unbranched alkanes of at least 4 members (excludes halogenated alkanes) is 2. The molecule has 0 saturated carbocycles. The quantitative estimate of drug-likeness (QED) is 0.0398. The van der Waals surface area contributed by atoms with E-state index in [4.69, 9.17) is 32.2 Å². The van der Waals surface area contributed by atoms with Gasteiger partial charge in [-0.25, -0.2) is 14.4 Å². The Bertz CT molecular complexity index is 2780. The number of rotatable bonds is 22. The third kappa shape index (κ3) is 13.2. The van der Waals surface area contributed by atoms with Crippen molar-refractivity contribution in [2.75, 3.05) is 49.4 Å². The van der Waals surface area contributed by atoms with Gasteiger partial charge < -0.3 is 40.4 Å². The number of carbonyl (C=O) groups is 5. The lowest BCUT2D eigenvalue weighted by molar-refractivity contribution is -0.144. The number of aryl methyl sites for hydroxylation is 1. The predicted molar refractivity (Wildman–Crippen MR) is 271 cm³/mol. The lowest BCUT2D eigenvalue weighted by atomic mass is 9.85. The van der Waals surface area contributed by atoms with E-state index in [-0.39, 0.29) is 48.8 Å². The van der Waals surface area contributed by atoms with Gasteiger partial charge in [-0.05, 0) is 106 Å². The summed E-state index contributed by atoms with van der Waals surface area (Å²) in [5, 5.41) is 14.6. The summed E-state index contributed by atoms with van der Waals surface area (Å²) in [6.07, 6.45) is -0.440. The number of nitrogens with two attached hydrogens (primary N) is 1. The van der Waals surface area contributed by atoms with E-state index < -0.39 is 74.7 Å². The SMILES string of the molecule is Cc1ncsc1-c1ccc(CNC(=O)[C@@H]2CCCN2C(=O)[C@@H](NC(=O)COCCCOCCCCCOc2ncc(N3C(=S)N(c4ccc(C#N)c(C(F)(F)F)c4F)C(=O)C3(C)C)cc2C(N)=O)C(C)(C)C)cc1. The van der Waals surface area contributed by atoms with Crippen LogP contribution in [0.4, 0.5) is 28.9 Å². The molecule has 2 saturated heterocycles. The number of amides is 5. The molecule has 0 spiro atoms. The molecule has 0 unspecified atom stereocenters. The summed E-state index contributed by atoms with van der Waals surface area (Å²) in [6, 6.07) is 10.6. The molecule has 4 aromatic rings. The lowest BCUT2D eigenvalue weighted by Gasteiger charge is -2.35. The van der Waals surface area contributed by atoms with Gasteiger partial charge in [-0.2, -0.15) is 18.4 Å². The van der Waals surface area contributed by atoms with Gasteiger partial charge in [0.25, 0.3) is 11.8 Å². The minimum Gasteiger partial charge on any atom is -0.477 e. The molecule has 0 bridgehead atoms. The molecule has 2 aromatic heterocycles. The number of benzene rings is 2. The number of alkyl halides is 3. The van der Waals surface area contributed by atoms with Gasteiger partial charge in [0.2, 0.25) is 23.6 Å². The molecule has 2 fully saturated rings. The lowest BCUT2D eigenvalue weighted by Crippen LogP contribution is -2.58. The number of anilines is 2. The van der Waals surface area contributed by atoms with Crippen LogP contribution in [0.5, 0.6) is 5.88 Å². The number of hydrogen-bond acceptors (Lipinski definition) is 13. The zero-order valence-corrected chi connectivity index (χ0v) is 43.5. The predicted octanol–water partition coefficient (Wildman–Crippen LogP) is 7.37. The molecule has 23 heteroatoms. The molecule has 4 N–H and O–H groups in total. The van der Waals surface area contributed by atoms with Gasteiger partial charge in [0, 0.05) is 32.9 Å². The van der Waals surface area contributed by atoms with Crippen LogP contribution >= 0.6 is 23.6 Å². The van der Waals surface area contributed by atoms with Crippen LogP contribution in [0.3, 0.4) is 0 Å². The molecule has 0 aliphatic carbocycles. The molecular weight excluding hydrogens is 1010 g/mol. The number of carbonyl (C=O) groups excluding carboxylic acids is 5. The van der Waals surface area contributed by atoms with Crippen LogP contribution in [-0.2, 0) is 41.4 Å². The van der Waals surface area contributed by atoms with E-state index in [9.17, 15) is 42.4 Å². The maximum Gasteiger partial charge on any atom is 0.420 e. The fraction of sp³-hybridized carbons (Fsp3) is 0.471. The number of hydrogen-bond donors (Lipinski definition) is 3. The van der Waals surface area contributed by atoms with E-state index in [1.165, 1.54) is 37.1 Å². The number of ether oxygens (including phenoxy) is 3.